The molecular formula is C11H13ClN2O3. The summed E-state index contributed by atoms with van der Waals surface area (Å²) in [4.78, 5) is 10.5. The number of hydrogen-bond acceptors (Lipinski definition) is 4. The van der Waals surface area contributed by atoms with Crippen LogP contribution in [0.15, 0.2) is 18.2 Å². The van der Waals surface area contributed by atoms with Gasteiger partial charge >= 0.3 is 0 Å². The van der Waals surface area contributed by atoms with Crippen LogP contribution in [0, 0.1) is 10.1 Å². The summed E-state index contributed by atoms with van der Waals surface area (Å²) >= 11 is 5.86. The molecule has 0 amide bonds. The number of nitrogens with zero attached hydrogens (tertiary/aromatic N) is 1. The van der Waals surface area contributed by atoms with E-state index >= 15 is 0 Å². The van der Waals surface area contributed by atoms with Crippen molar-refractivity contribution in [3.63, 3.8) is 0 Å². The van der Waals surface area contributed by atoms with E-state index < -0.39 is 4.92 Å². The quantitative estimate of drug-likeness (QED) is 0.667. The van der Waals surface area contributed by atoms with Crippen molar-refractivity contribution < 1.29 is 9.66 Å². The molecule has 0 spiro atoms. The fraction of sp³-hybridized carbons (Fsp3) is 0.455. The molecule has 6 heteroatoms. The number of nitro groups is 1. The van der Waals surface area contributed by atoms with E-state index in [9.17, 15) is 10.1 Å². The van der Waals surface area contributed by atoms with Gasteiger partial charge in [-0.15, -0.1) is 0 Å². The first-order valence-corrected chi connectivity index (χ1v) is 5.68. The molecule has 1 saturated heterocycles. The summed E-state index contributed by atoms with van der Waals surface area (Å²) in [6.07, 6.45) is 0.816. The van der Waals surface area contributed by atoms with E-state index in [2.05, 4.69) is 5.32 Å². The van der Waals surface area contributed by atoms with Crippen LogP contribution in [0.3, 0.4) is 0 Å². The van der Waals surface area contributed by atoms with E-state index in [1.807, 2.05) is 6.92 Å². The Balaban J connectivity index is 2.30. The number of halogens is 1. The second-order valence-electron chi connectivity index (χ2n) is 4.41. The number of rotatable bonds is 3. The second kappa shape index (κ2) is 4.50. The molecule has 92 valence electrons. The molecule has 1 aliphatic rings. The van der Waals surface area contributed by atoms with Gasteiger partial charge in [0.05, 0.1) is 17.1 Å². The van der Waals surface area contributed by atoms with Crippen molar-refractivity contribution in [3.8, 4) is 0 Å². The van der Waals surface area contributed by atoms with Gasteiger partial charge in [-0.05, 0) is 25.5 Å². The van der Waals surface area contributed by atoms with E-state index in [1.165, 1.54) is 12.1 Å². The number of hydrogen-bond donors (Lipinski definition) is 1. The molecule has 0 aromatic heterocycles. The third kappa shape index (κ3) is 2.68. The molecule has 1 unspecified atom stereocenters. The molecule has 1 N–H and O–H groups in total. The van der Waals surface area contributed by atoms with Crippen molar-refractivity contribution in [1.82, 2.24) is 0 Å². The Morgan fingerprint density at radius 3 is 2.94 bits per heavy atom. The van der Waals surface area contributed by atoms with Gasteiger partial charge in [-0.1, -0.05) is 11.6 Å². The highest BCUT2D eigenvalue weighted by atomic mass is 35.5. The maximum absolute atomic E-state index is 10.9. The molecule has 1 fully saturated rings. The molecule has 0 bridgehead atoms. The lowest BCUT2D eigenvalue weighted by Crippen LogP contribution is -2.35. The smallest absolute Gasteiger partial charge is 0.292 e. The highest BCUT2D eigenvalue weighted by Crippen LogP contribution is 2.32. The average Bonchev–Trinajstić information content (AvgIpc) is 2.64. The van der Waals surface area contributed by atoms with Gasteiger partial charge in [-0.25, -0.2) is 0 Å². The Hall–Kier alpha value is -1.33. The third-order valence-electron chi connectivity index (χ3n) is 2.81. The van der Waals surface area contributed by atoms with Crippen molar-refractivity contribution in [1.29, 1.82) is 0 Å². The van der Waals surface area contributed by atoms with E-state index in [0.29, 0.717) is 23.9 Å². The highest BCUT2D eigenvalue weighted by molar-refractivity contribution is 6.31. The second-order valence-corrected chi connectivity index (χ2v) is 4.84. The fourth-order valence-corrected chi connectivity index (χ4v) is 2.03. The molecular weight excluding hydrogens is 244 g/mol. The summed E-state index contributed by atoms with van der Waals surface area (Å²) in [6.45, 7) is 3.18. The molecule has 1 aromatic rings. The van der Waals surface area contributed by atoms with Gasteiger partial charge in [0.15, 0.2) is 0 Å². The molecule has 1 aliphatic heterocycles. The minimum absolute atomic E-state index is 0.0301. The van der Waals surface area contributed by atoms with Gasteiger partial charge in [0.25, 0.3) is 5.69 Å². The normalized spacial score (nSPS) is 23.6. The van der Waals surface area contributed by atoms with E-state index in [-0.39, 0.29) is 11.2 Å². The molecule has 0 aliphatic carbocycles. The van der Waals surface area contributed by atoms with E-state index in [1.54, 1.807) is 6.07 Å². The topological polar surface area (TPSA) is 64.4 Å². The summed E-state index contributed by atoms with van der Waals surface area (Å²) < 4.78 is 5.30. The predicted molar refractivity (Wildman–Crippen MR) is 65.6 cm³/mol. The Kier molecular flexibility index (Phi) is 3.22. The molecule has 17 heavy (non-hydrogen) atoms. The number of nitrogens with one attached hydrogen (secondary N) is 1. The van der Waals surface area contributed by atoms with Crippen LogP contribution in [0.25, 0.3) is 0 Å². The largest absolute Gasteiger partial charge is 0.379 e. The maximum atomic E-state index is 10.9. The van der Waals surface area contributed by atoms with Gasteiger partial charge in [0.2, 0.25) is 0 Å². The van der Waals surface area contributed by atoms with Gasteiger partial charge in [0, 0.05) is 17.7 Å². The van der Waals surface area contributed by atoms with Crippen molar-refractivity contribution in [3.05, 3.63) is 33.3 Å². The number of benzene rings is 1. The summed E-state index contributed by atoms with van der Waals surface area (Å²) in [5.74, 6) is 0. The highest BCUT2D eigenvalue weighted by Gasteiger charge is 2.31. The minimum atomic E-state index is -0.419. The van der Waals surface area contributed by atoms with Gasteiger partial charge in [0.1, 0.15) is 5.69 Å². The number of nitro benzene ring substituents is 1. The van der Waals surface area contributed by atoms with Crippen molar-refractivity contribution >= 4 is 23.0 Å². The molecule has 0 saturated carbocycles. The van der Waals surface area contributed by atoms with Crippen LogP contribution in [-0.2, 0) is 4.74 Å². The van der Waals surface area contributed by atoms with Crippen LogP contribution in [0.1, 0.15) is 13.3 Å². The van der Waals surface area contributed by atoms with Crippen LogP contribution >= 0.6 is 11.6 Å². The Bertz CT molecular complexity index is 444. The Labute approximate surface area is 104 Å². The summed E-state index contributed by atoms with van der Waals surface area (Å²) in [7, 11) is 0. The monoisotopic (exact) mass is 256 g/mol. The first-order valence-electron chi connectivity index (χ1n) is 5.30. The van der Waals surface area contributed by atoms with Crippen LogP contribution in [0.2, 0.25) is 5.02 Å². The molecule has 0 radical (unpaired) electrons. The van der Waals surface area contributed by atoms with Crippen molar-refractivity contribution in [2.45, 2.75) is 18.9 Å². The summed E-state index contributed by atoms with van der Waals surface area (Å²) in [5, 5.41) is 14.5. The van der Waals surface area contributed by atoms with Gasteiger partial charge in [-0.3, -0.25) is 10.1 Å². The minimum Gasteiger partial charge on any atom is -0.379 e. The Morgan fingerprint density at radius 1 is 1.59 bits per heavy atom. The van der Waals surface area contributed by atoms with Crippen LogP contribution in [0.4, 0.5) is 11.4 Å². The number of ether oxygens (including phenoxy) is 1. The van der Waals surface area contributed by atoms with Gasteiger partial charge in [-0.2, -0.15) is 0 Å². The maximum Gasteiger partial charge on any atom is 0.292 e. The van der Waals surface area contributed by atoms with Crippen LogP contribution in [0.5, 0.6) is 0 Å². The first-order chi connectivity index (χ1) is 8.00. The average molecular weight is 257 g/mol. The molecule has 1 heterocycles. The first kappa shape index (κ1) is 12.1. The predicted octanol–water partition coefficient (Wildman–Crippen LogP) is 2.84. The summed E-state index contributed by atoms with van der Waals surface area (Å²) in [5.41, 5.74) is 0.202. The summed E-state index contributed by atoms with van der Waals surface area (Å²) in [6, 6.07) is 4.49. The standard InChI is InChI=1S/C11H13ClN2O3/c1-11(4-5-17-7-11)13-9-6-8(12)2-3-10(9)14(15)16/h2-3,6,13H,4-5,7H2,1H3. The lowest BCUT2D eigenvalue weighted by molar-refractivity contribution is -0.384. The van der Waals surface area contributed by atoms with Crippen molar-refractivity contribution in [2.75, 3.05) is 18.5 Å². The fourth-order valence-electron chi connectivity index (χ4n) is 1.86. The molecule has 5 nitrogen and oxygen atoms in total. The molecule has 1 aromatic carbocycles. The third-order valence-corrected chi connectivity index (χ3v) is 3.05. The Morgan fingerprint density at radius 2 is 2.35 bits per heavy atom. The molecule has 2 rings (SSSR count). The van der Waals surface area contributed by atoms with Gasteiger partial charge < -0.3 is 10.1 Å². The zero-order valence-corrected chi connectivity index (χ0v) is 10.2. The lowest BCUT2D eigenvalue weighted by atomic mass is 10.0. The number of anilines is 1. The molecule has 1 atom stereocenters. The van der Waals surface area contributed by atoms with Crippen LogP contribution in [-0.4, -0.2) is 23.7 Å². The van der Waals surface area contributed by atoms with Crippen molar-refractivity contribution in [2.24, 2.45) is 0 Å². The van der Waals surface area contributed by atoms with E-state index in [0.717, 1.165) is 6.42 Å². The SMILES string of the molecule is CC1(Nc2cc(Cl)ccc2[N+](=O)[O-])CCOC1. The zero-order chi connectivity index (χ0) is 12.5. The lowest BCUT2D eigenvalue weighted by Gasteiger charge is -2.24. The zero-order valence-electron chi connectivity index (χ0n) is 9.40. The van der Waals surface area contributed by atoms with Crippen LogP contribution < -0.4 is 5.32 Å². The van der Waals surface area contributed by atoms with E-state index in [4.69, 9.17) is 16.3 Å².